The van der Waals surface area contributed by atoms with Gasteiger partial charge in [-0.15, -0.1) is 0 Å². The lowest BCUT2D eigenvalue weighted by Crippen LogP contribution is -2.26. The highest BCUT2D eigenvalue weighted by Crippen LogP contribution is 2.35. The first-order chi connectivity index (χ1) is 17.6. The number of nitrogens with one attached hydrogen (secondary N) is 1. The van der Waals surface area contributed by atoms with Crippen LogP contribution in [0.15, 0.2) is 102 Å². The lowest BCUT2D eigenvalue weighted by Gasteiger charge is -2.17. The smallest absolute Gasteiger partial charge is 0.262 e. The van der Waals surface area contributed by atoms with Gasteiger partial charge in [0.25, 0.3) is 11.8 Å². The molecule has 2 amide bonds. The first-order valence-corrected chi connectivity index (χ1v) is 11.4. The summed E-state index contributed by atoms with van der Waals surface area (Å²) >= 11 is 0. The van der Waals surface area contributed by atoms with Crippen LogP contribution >= 0.6 is 0 Å². The van der Waals surface area contributed by atoms with Gasteiger partial charge < -0.3 is 5.32 Å². The van der Waals surface area contributed by atoms with E-state index in [9.17, 15) is 14.9 Å². The van der Waals surface area contributed by atoms with E-state index in [0.29, 0.717) is 28.2 Å². The molecular weight excluding hydrogens is 450 g/mol. The van der Waals surface area contributed by atoms with Crippen LogP contribution in [0.2, 0.25) is 0 Å². The Labute approximate surface area is 208 Å². The van der Waals surface area contributed by atoms with E-state index < -0.39 is 11.8 Å². The van der Waals surface area contributed by atoms with Crippen LogP contribution in [0.5, 0.6) is 0 Å². The zero-order chi connectivity index (χ0) is 25.1. The van der Waals surface area contributed by atoms with E-state index in [2.05, 4.69) is 21.5 Å². The number of amides is 2. The van der Waals surface area contributed by atoms with Crippen molar-refractivity contribution in [1.29, 1.82) is 5.26 Å². The summed E-state index contributed by atoms with van der Waals surface area (Å²) in [5, 5.41) is 18.7. The summed E-state index contributed by atoms with van der Waals surface area (Å²) < 4.78 is 0. The molecule has 1 unspecified atom stereocenters. The number of carbonyl (C=O) groups excluding carboxylic acids is 2. The molecule has 0 aliphatic carbocycles. The largest absolute Gasteiger partial charge is 0.305 e. The van der Waals surface area contributed by atoms with Gasteiger partial charge >= 0.3 is 0 Å². The molecule has 7 heteroatoms. The Bertz CT molecular complexity index is 1510. The van der Waals surface area contributed by atoms with Crippen LogP contribution in [0.3, 0.4) is 0 Å². The number of aromatic nitrogens is 1. The monoisotopic (exact) mass is 471 g/mol. The lowest BCUT2D eigenvalue weighted by molar-refractivity contribution is -0.118. The van der Waals surface area contributed by atoms with Gasteiger partial charge in [-0.3, -0.25) is 9.59 Å². The van der Waals surface area contributed by atoms with Crippen LogP contribution in [0.1, 0.15) is 34.5 Å². The molecule has 1 aromatic heterocycles. The quantitative estimate of drug-likeness (QED) is 0.422. The topological polar surface area (TPSA) is 98.5 Å². The van der Waals surface area contributed by atoms with E-state index in [1.54, 1.807) is 37.3 Å². The number of hydrogen-bond acceptors (Lipinski definition) is 5. The third-order valence-corrected chi connectivity index (χ3v) is 5.93. The fourth-order valence-electron chi connectivity index (χ4n) is 4.19. The van der Waals surface area contributed by atoms with Crippen molar-refractivity contribution in [3.8, 4) is 17.2 Å². The fraction of sp³-hybridized carbons (Fsp3) is 0.0690. The molecule has 2 heterocycles. The Morgan fingerprint density at radius 2 is 1.56 bits per heavy atom. The molecule has 36 heavy (non-hydrogen) atoms. The zero-order valence-corrected chi connectivity index (χ0v) is 19.4. The Kier molecular flexibility index (Phi) is 6.08. The molecule has 1 atom stereocenters. The number of benzene rings is 3. The summed E-state index contributed by atoms with van der Waals surface area (Å²) in [7, 11) is 0. The van der Waals surface area contributed by atoms with E-state index in [4.69, 9.17) is 0 Å². The molecule has 4 aromatic rings. The van der Waals surface area contributed by atoms with Crippen molar-refractivity contribution in [2.24, 2.45) is 5.10 Å². The van der Waals surface area contributed by atoms with Crippen molar-refractivity contribution in [2.75, 3.05) is 10.3 Å². The van der Waals surface area contributed by atoms with Crippen molar-refractivity contribution >= 4 is 29.0 Å². The predicted octanol–water partition coefficient (Wildman–Crippen LogP) is 5.38. The molecule has 0 bridgehead atoms. The molecule has 1 N–H and O–H groups in total. The second-order valence-corrected chi connectivity index (χ2v) is 8.28. The number of pyridine rings is 1. The number of hydrogen-bond donors (Lipinski definition) is 1. The maximum Gasteiger partial charge on any atom is 0.262 e. The molecule has 1 aliphatic heterocycles. The van der Waals surface area contributed by atoms with Gasteiger partial charge in [0.15, 0.2) is 5.82 Å². The summed E-state index contributed by atoms with van der Waals surface area (Å²) in [6.45, 7) is 1.77. The van der Waals surface area contributed by atoms with Crippen LogP contribution in [0.25, 0.3) is 11.1 Å². The van der Waals surface area contributed by atoms with Crippen molar-refractivity contribution in [3.63, 3.8) is 0 Å². The van der Waals surface area contributed by atoms with E-state index in [1.807, 2.05) is 66.7 Å². The Balaban J connectivity index is 1.62. The van der Waals surface area contributed by atoms with Gasteiger partial charge in [0.1, 0.15) is 17.6 Å². The first-order valence-electron chi connectivity index (χ1n) is 11.4. The van der Waals surface area contributed by atoms with Gasteiger partial charge in [-0.05, 0) is 42.8 Å². The van der Waals surface area contributed by atoms with Gasteiger partial charge in [0.2, 0.25) is 0 Å². The van der Waals surface area contributed by atoms with E-state index in [-0.39, 0.29) is 17.3 Å². The second-order valence-electron chi connectivity index (χ2n) is 8.28. The van der Waals surface area contributed by atoms with Crippen molar-refractivity contribution in [1.82, 2.24) is 4.98 Å². The third kappa shape index (κ3) is 4.24. The summed E-state index contributed by atoms with van der Waals surface area (Å²) in [4.78, 5) is 31.1. The molecule has 1 aliphatic rings. The van der Waals surface area contributed by atoms with Crippen LogP contribution in [0, 0.1) is 11.3 Å². The summed E-state index contributed by atoms with van der Waals surface area (Å²) in [5.41, 5.74) is 3.62. The molecule has 0 saturated heterocycles. The van der Waals surface area contributed by atoms with Crippen molar-refractivity contribution in [3.05, 3.63) is 114 Å². The number of carbonyl (C=O) groups is 2. The number of nitrogens with zero attached hydrogens (tertiary/aromatic N) is 4. The maximum atomic E-state index is 13.5. The zero-order valence-electron chi connectivity index (χ0n) is 19.4. The van der Waals surface area contributed by atoms with E-state index in [1.165, 1.54) is 5.01 Å². The average molecular weight is 472 g/mol. The minimum Gasteiger partial charge on any atom is -0.305 e. The number of rotatable bonds is 5. The number of para-hydroxylation sites is 1. The molecule has 174 valence electrons. The first kappa shape index (κ1) is 22.7. The third-order valence-electron chi connectivity index (χ3n) is 5.93. The highest BCUT2D eigenvalue weighted by atomic mass is 16.2. The molecule has 0 fully saturated rings. The normalized spacial score (nSPS) is 14.8. The molecule has 0 spiro atoms. The summed E-state index contributed by atoms with van der Waals surface area (Å²) in [5.74, 6) is -1.31. The lowest BCUT2D eigenvalue weighted by atomic mass is 9.94. The molecule has 5 rings (SSSR count). The van der Waals surface area contributed by atoms with Gasteiger partial charge in [0.05, 0.1) is 17.1 Å². The van der Waals surface area contributed by atoms with Crippen LogP contribution < -0.4 is 10.3 Å². The Hall–Kier alpha value is -5.09. The minimum absolute atomic E-state index is 0.0986. The van der Waals surface area contributed by atoms with Crippen LogP contribution in [-0.2, 0) is 4.79 Å². The minimum atomic E-state index is -0.757. The SMILES string of the molecule is CC1=NN(c2ccccc2)C(=O)C1c1cc(-c2ccccc2)c(C#N)c(NC(=O)c2ccccc2)n1. The second kappa shape index (κ2) is 9.65. The van der Waals surface area contributed by atoms with Crippen LogP contribution in [0.4, 0.5) is 11.5 Å². The van der Waals surface area contributed by atoms with Crippen molar-refractivity contribution < 1.29 is 9.59 Å². The maximum absolute atomic E-state index is 13.5. The number of anilines is 2. The number of hydrazone groups is 1. The number of nitriles is 1. The average Bonchev–Trinajstić information content (AvgIpc) is 3.23. The Morgan fingerprint density at radius 3 is 2.19 bits per heavy atom. The molecular formula is C29H21N5O2. The van der Waals surface area contributed by atoms with Gasteiger partial charge in [-0.2, -0.15) is 15.4 Å². The van der Waals surface area contributed by atoms with Gasteiger partial charge in [-0.25, -0.2) is 4.98 Å². The van der Waals surface area contributed by atoms with Gasteiger partial charge in [0, 0.05) is 11.1 Å². The van der Waals surface area contributed by atoms with Gasteiger partial charge in [-0.1, -0.05) is 66.7 Å². The highest BCUT2D eigenvalue weighted by molar-refractivity contribution is 6.18. The predicted molar refractivity (Wildman–Crippen MR) is 139 cm³/mol. The molecule has 7 nitrogen and oxygen atoms in total. The highest BCUT2D eigenvalue weighted by Gasteiger charge is 2.37. The standard InChI is InChI=1S/C29H21N5O2/c1-19-26(29(36)34(33-19)22-15-9-4-10-16-22)25-17-23(20-11-5-2-6-12-20)24(18-30)27(31-25)32-28(35)21-13-7-3-8-14-21/h2-17,26H,1H3,(H,31,32,35). The van der Waals surface area contributed by atoms with Crippen LogP contribution in [-0.4, -0.2) is 22.5 Å². The Morgan fingerprint density at radius 1 is 0.944 bits per heavy atom. The molecule has 0 radical (unpaired) electrons. The van der Waals surface area contributed by atoms with E-state index >= 15 is 0 Å². The fourth-order valence-corrected chi connectivity index (χ4v) is 4.19. The van der Waals surface area contributed by atoms with Crippen molar-refractivity contribution in [2.45, 2.75) is 12.8 Å². The molecule has 3 aromatic carbocycles. The van der Waals surface area contributed by atoms with E-state index in [0.717, 1.165) is 5.56 Å². The summed E-state index contributed by atoms with van der Waals surface area (Å²) in [6, 6.07) is 31.1. The molecule has 0 saturated carbocycles. The summed E-state index contributed by atoms with van der Waals surface area (Å²) in [6.07, 6.45) is 0.